The van der Waals surface area contributed by atoms with Gasteiger partial charge in [-0.25, -0.2) is 18.6 Å². The van der Waals surface area contributed by atoms with Gasteiger partial charge in [0, 0.05) is 16.8 Å². The van der Waals surface area contributed by atoms with Crippen LogP contribution < -0.4 is 10.6 Å². The van der Waals surface area contributed by atoms with E-state index in [1.165, 1.54) is 36.9 Å². The maximum Gasteiger partial charge on any atom is 0.408 e. The van der Waals surface area contributed by atoms with Gasteiger partial charge < -0.3 is 19.8 Å². The zero-order valence-corrected chi connectivity index (χ0v) is 16.7. The molecule has 0 fully saturated rings. The fraction of sp³-hybridized carbons (Fsp3) is 0.190. The lowest BCUT2D eigenvalue weighted by Crippen LogP contribution is -2.28. The number of hydrogen-bond acceptors (Lipinski definition) is 5. The van der Waals surface area contributed by atoms with Crippen LogP contribution in [0.2, 0.25) is 5.02 Å². The predicted molar refractivity (Wildman–Crippen MR) is 107 cm³/mol. The molecule has 0 unspecified atom stereocenters. The van der Waals surface area contributed by atoms with Gasteiger partial charge in [0.25, 0.3) is 5.91 Å². The van der Waals surface area contributed by atoms with Crippen LogP contribution in [0.5, 0.6) is 0 Å². The molecule has 2 amide bonds. The van der Waals surface area contributed by atoms with Gasteiger partial charge in [0.05, 0.1) is 17.3 Å². The molecular formula is C21H16ClF2N3O4. The zero-order chi connectivity index (χ0) is 22.0. The monoisotopic (exact) mass is 447 g/mol. The molecule has 3 aromatic rings. The van der Waals surface area contributed by atoms with Gasteiger partial charge in [-0.05, 0) is 48.7 Å². The minimum Gasteiger partial charge on any atom is -0.445 e. The lowest BCUT2D eigenvalue weighted by atomic mass is 10.0. The molecule has 0 spiro atoms. The van der Waals surface area contributed by atoms with E-state index in [0.29, 0.717) is 29.9 Å². The van der Waals surface area contributed by atoms with Gasteiger partial charge in [-0.3, -0.25) is 4.79 Å². The number of hydrogen-bond donors (Lipinski definition) is 2. The average Bonchev–Trinajstić information content (AvgIpc) is 3.40. The SMILES string of the molecule is O=C(N[C@H]1CCc2c(C(=O)Nc3ccc(F)c(Cl)c3)ccc(F)c21)OCc1cnco1. The molecular weight excluding hydrogens is 432 g/mol. The summed E-state index contributed by atoms with van der Waals surface area (Å²) in [5.74, 6) is -1.26. The van der Waals surface area contributed by atoms with Gasteiger partial charge in [0.15, 0.2) is 18.8 Å². The van der Waals surface area contributed by atoms with E-state index in [1.807, 2.05) is 0 Å². The Morgan fingerprint density at radius 1 is 1.23 bits per heavy atom. The molecule has 0 bridgehead atoms. The van der Waals surface area contributed by atoms with Gasteiger partial charge in [0.2, 0.25) is 0 Å². The second-order valence-electron chi connectivity index (χ2n) is 6.85. The first-order valence-corrected chi connectivity index (χ1v) is 9.68. The number of carbonyl (C=O) groups excluding carboxylic acids is 2. The lowest BCUT2D eigenvalue weighted by molar-refractivity contribution is 0.102. The van der Waals surface area contributed by atoms with Crippen molar-refractivity contribution in [2.45, 2.75) is 25.5 Å². The lowest BCUT2D eigenvalue weighted by Gasteiger charge is -2.16. The summed E-state index contributed by atoms with van der Waals surface area (Å²) in [6, 6.07) is 5.69. The summed E-state index contributed by atoms with van der Waals surface area (Å²) in [6.45, 7) is -0.115. The summed E-state index contributed by atoms with van der Waals surface area (Å²) in [5, 5.41) is 5.11. The summed E-state index contributed by atoms with van der Waals surface area (Å²) in [6.07, 6.45) is 2.66. The Bertz CT molecular complexity index is 1140. The van der Waals surface area contributed by atoms with Crippen LogP contribution in [-0.2, 0) is 17.8 Å². The second-order valence-corrected chi connectivity index (χ2v) is 7.26. The van der Waals surface area contributed by atoms with Crippen molar-refractivity contribution < 1.29 is 27.5 Å². The number of ether oxygens (including phenoxy) is 1. The highest BCUT2D eigenvalue weighted by Gasteiger charge is 2.31. The molecule has 1 aromatic heterocycles. The minimum absolute atomic E-state index is 0.115. The van der Waals surface area contributed by atoms with Crippen LogP contribution in [0.1, 0.15) is 39.7 Å². The van der Waals surface area contributed by atoms with Crippen molar-refractivity contribution in [3.8, 4) is 0 Å². The van der Waals surface area contributed by atoms with Gasteiger partial charge >= 0.3 is 6.09 Å². The number of benzene rings is 2. The van der Waals surface area contributed by atoms with E-state index in [9.17, 15) is 18.4 Å². The van der Waals surface area contributed by atoms with Crippen LogP contribution in [-0.4, -0.2) is 17.0 Å². The third kappa shape index (κ3) is 4.51. The van der Waals surface area contributed by atoms with Crippen LogP contribution in [0.15, 0.2) is 47.3 Å². The number of fused-ring (bicyclic) bond motifs is 1. The number of halogens is 3. The molecule has 2 aromatic carbocycles. The Hall–Kier alpha value is -3.46. The van der Waals surface area contributed by atoms with Gasteiger partial charge in [-0.15, -0.1) is 0 Å². The van der Waals surface area contributed by atoms with Crippen molar-refractivity contribution in [3.63, 3.8) is 0 Å². The number of rotatable bonds is 5. The first kappa shape index (κ1) is 20.8. The number of aromatic nitrogens is 1. The summed E-state index contributed by atoms with van der Waals surface area (Å²) in [5.41, 5.74) is 1.29. The number of alkyl carbamates (subject to hydrolysis) is 1. The maximum absolute atomic E-state index is 14.6. The molecule has 160 valence electrons. The van der Waals surface area contributed by atoms with Crippen LogP contribution >= 0.6 is 11.6 Å². The average molecular weight is 448 g/mol. The van der Waals surface area contributed by atoms with Crippen LogP contribution in [0.4, 0.5) is 19.3 Å². The summed E-state index contributed by atoms with van der Waals surface area (Å²) < 4.78 is 37.9. The Balaban J connectivity index is 1.48. The number of carbonyl (C=O) groups is 2. The maximum atomic E-state index is 14.6. The third-order valence-corrected chi connectivity index (χ3v) is 5.17. The highest BCUT2D eigenvalue weighted by Crippen LogP contribution is 2.36. The molecule has 0 radical (unpaired) electrons. The third-order valence-electron chi connectivity index (χ3n) is 4.88. The van der Waals surface area contributed by atoms with Crippen molar-refractivity contribution in [3.05, 3.63) is 82.0 Å². The first-order chi connectivity index (χ1) is 14.9. The molecule has 1 aliphatic rings. The van der Waals surface area contributed by atoms with Gasteiger partial charge in [-0.2, -0.15) is 0 Å². The molecule has 0 saturated heterocycles. The smallest absolute Gasteiger partial charge is 0.408 e. The van der Waals surface area contributed by atoms with Crippen LogP contribution in [0.3, 0.4) is 0 Å². The summed E-state index contributed by atoms with van der Waals surface area (Å²) >= 11 is 5.75. The number of oxazole rings is 1. The van der Waals surface area contributed by atoms with E-state index >= 15 is 0 Å². The van der Waals surface area contributed by atoms with Crippen LogP contribution in [0.25, 0.3) is 0 Å². The van der Waals surface area contributed by atoms with Crippen molar-refractivity contribution in [2.24, 2.45) is 0 Å². The Kier molecular flexibility index (Phi) is 5.85. The summed E-state index contributed by atoms with van der Waals surface area (Å²) in [7, 11) is 0. The highest BCUT2D eigenvalue weighted by molar-refractivity contribution is 6.31. The van der Waals surface area contributed by atoms with Crippen molar-refractivity contribution in [1.82, 2.24) is 10.3 Å². The van der Waals surface area contributed by atoms with E-state index in [0.717, 1.165) is 6.07 Å². The molecule has 10 heteroatoms. The molecule has 2 N–H and O–H groups in total. The number of amides is 2. The predicted octanol–water partition coefficient (Wildman–Crippen LogP) is 4.77. The molecule has 0 aliphatic heterocycles. The van der Waals surface area contributed by atoms with Gasteiger partial charge in [0.1, 0.15) is 11.6 Å². The van der Waals surface area contributed by atoms with E-state index in [4.69, 9.17) is 20.8 Å². The van der Waals surface area contributed by atoms with Crippen LogP contribution in [0, 0.1) is 11.6 Å². The minimum atomic E-state index is -0.746. The molecule has 7 nitrogen and oxygen atoms in total. The first-order valence-electron chi connectivity index (χ1n) is 9.30. The Morgan fingerprint density at radius 2 is 2.03 bits per heavy atom. The van der Waals surface area contributed by atoms with Gasteiger partial charge in [-0.1, -0.05) is 11.6 Å². The fourth-order valence-corrected chi connectivity index (χ4v) is 3.66. The molecule has 31 heavy (non-hydrogen) atoms. The standard InChI is InChI=1S/C21H16ClF2N3O4/c22-15-7-11(1-4-16(15)23)26-20(28)14-2-5-17(24)19-13(14)3-6-18(19)27-21(29)30-9-12-8-25-10-31-12/h1-2,4-5,7-8,10,18H,3,6,9H2,(H,26,28)(H,27,29)/t18-/m0/s1. The number of nitrogens with one attached hydrogen (secondary N) is 2. The molecule has 1 aliphatic carbocycles. The molecule has 0 saturated carbocycles. The van der Waals surface area contributed by atoms with E-state index < -0.39 is 29.7 Å². The number of anilines is 1. The van der Waals surface area contributed by atoms with E-state index in [1.54, 1.807) is 0 Å². The normalized spacial score (nSPS) is 14.7. The fourth-order valence-electron chi connectivity index (χ4n) is 3.48. The largest absolute Gasteiger partial charge is 0.445 e. The molecule has 4 rings (SSSR count). The Morgan fingerprint density at radius 3 is 2.77 bits per heavy atom. The number of nitrogens with zero attached hydrogens (tertiary/aromatic N) is 1. The second kappa shape index (κ2) is 8.73. The molecule has 1 atom stereocenters. The topological polar surface area (TPSA) is 93.5 Å². The van der Waals surface area contributed by atoms with E-state index in [-0.39, 0.29) is 22.8 Å². The van der Waals surface area contributed by atoms with E-state index in [2.05, 4.69) is 15.6 Å². The summed E-state index contributed by atoms with van der Waals surface area (Å²) in [4.78, 5) is 28.6. The van der Waals surface area contributed by atoms with Crippen molar-refractivity contribution in [1.29, 1.82) is 0 Å². The quantitative estimate of drug-likeness (QED) is 0.587. The zero-order valence-electron chi connectivity index (χ0n) is 16.0. The van der Waals surface area contributed by atoms with Crippen molar-refractivity contribution >= 4 is 29.3 Å². The van der Waals surface area contributed by atoms with Crippen molar-refractivity contribution in [2.75, 3.05) is 5.32 Å². The Labute approximate surface area is 180 Å². The highest BCUT2D eigenvalue weighted by atomic mass is 35.5. The molecule has 1 heterocycles.